The number of fused-ring (bicyclic) bond motifs is 3. The average molecular weight is 723 g/mol. The Kier molecular flexibility index (Phi) is 10.7. The fourth-order valence-corrected chi connectivity index (χ4v) is 7.68. The molecular formula is C37H44BrN3O7. The Labute approximate surface area is 290 Å². The van der Waals surface area contributed by atoms with E-state index < -0.39 is 0 Å². The lowest BCUT2D eigenvalue weighted by Crippen LogP contribution is -2.49. The third-order valence-corrected chi connectivity index (χ3v) is 10.6. The second-order valence-corrected chi connectivity index (χ2v) is 13.7. The van der Waals surface area contributed by atoms with Gasteiger partial charge in [0.2, 0.25) is 5.91 Å². The number of quaternary nitrogens is 1. The Hall–Kier alpha value is -4.06. The van der Waals surface area contributed by atoms with Gasteiger partial charge in [0.1, 0.15) is 12.3 Å². The summed E-state index contributed by atoms with van der Waals surface area (Å²) in [5, 5.41) is 11.3. The molecule has 3 aromatic carbocycles. The molecule has 0 saturated carbocycles. The third-order valence-electron chi connectivity index (χ3n) is 9.77. The van der Waals surface area contributed by atoms with E-state index >= 15 is 0 Å². The second-order valence-electron chi connectivity index (χ2n) is 12.9. The topological polar surface area (TPSA) is 120 Å². The van der Waals surface area contributed by atoms with Crippen LogP contribution in [-0.4, -0.2) is 92.5 Å². The first-order chi connectivity index (χ1) is 22.6. The minimum atomic E-state index is 0. The highest BCUT2D eigenvalue weighted by molar-refractivity contribution is 9.10. The molecule has 2 aliphatic rings. The number of phenolic OH excluding ortho intramolecular Hbond substituents is 1. The predicted octanol–water partition coefficient (Wildman–Crippen LogP) is 5.86. The van der Waals surface area contributed by atoms with Crippen molar-refractivity contribution in [3.8, 4) is 28.7 Å². The number of ether oxygens (including phenoxy) is 4. The third kappa shape index (κ3) is 7.04. The maximum atomic E-state index is 13.4. The van der Waals surface area contributed by atoms with E-state index in [1.807, 2.05) is 23.1 Å². The lowest BCUT2D eigenvalue weighted by atomic mass is 9.76. The number of hydrogen-bond acceptors (Lipinski definition) is 8. The number of pyridine rings is 1. The molecule has 2 N–H and O–H groups in total. The van der Waals surface area contributed by atoms with Crippen LogP contribution in [0.4, 0.5) is 0 Å². The molecule has 11 heteroatoms. The van der Waals surface area contributed by atoms with Gasteiger partial charge in [-0.25, -0.2) is 4.98 Å². The Bertz CT molecular complexity index is 1820. The molecule has 10 nitrogen and oxygen atoms in total. The number of methoxy groups -OCH3 is 4. The number of likely N-dealkylation sites (N-methyl/N-ethyl adjacent to an activating group) is 1. The summed E-state index contributed by atoms with van der Waals surface area (Å²) < 4.78 is 23.5. The highest BCUT2D eigenvalue weighted by atomic mass is 79.9. The SMILES string of the molecule is COc1cc2c(cc1OC)CC(=O)N(CCC[N+](C)(Cc1ccc3ccc(O)c(Br)c3n1)C[C@H]1Cc3cc(OC)c(OC)cc31)CC2.[OH-]. The summed E-state index contributed by atoms with van der Waals surface area (Å²) in [6, 6.07) is 15.9. The Morgan fingerprint density at radius 1 is 0.917 bits per heavy atom. The number of halogens is 1. The van der Waals surface area contributed by atoms with E-state index in [9.17, 15) is 9.90 Å². The monoisotopic (exact) mass is 721 g/mol. The second kappa shape index (κ2) is 14.6. The molecule has 2 heterocycles. The molecule has 1 aliphatic carbocycles. The molecule has 0 spiro atoms. The van der Waals surface area contributed by atoms with Crippen LogP contribution in [0.1, 0.15) is 40.3 Å². The Morgan fingerprint density at radius 3 is 2.23 bits per heavy atom. The Balaban J connectivity index is 0.00000451. The van der Waals surface area contributed by atoms with Gasteiger partial charge in [0.15, 0.2) is 23.0 Å². The van der Waals surface area contributed by atoms with Gasteiger partial charge in [-0.3, -0.25) is 4.79 Å². The van der Waals surface area contributed by atoms with E-state index in [0.717, 1.165) is 82.6 Å². The quantitative estimate of drug-likeness (QED) is 0.181. The number of rotatable bonds is 12. The zero-order valence-corrected chi connectivity index (χ0v) is 29.8. The first-order valence-corrected chi connectivity index (χ1v) is 16.8. The summed E-state index contributed by atoms with van der Waals surface area (Å²) in [6.45, 7) is 3.87. The Morgan fingerprint density at radius 2 is 1.54 bits per heavy atom. The number of carbonyl (C=O) groups is 1. The average Bonchev–Trinajstić information content (AvgIpc) is 3.21. The molecule has 1 aliphatic heterocycles. The number of benzene rings is 3. The normalized spacial score (nSPS) is 16.5. The minimum Gasteiger partial charge on any atom is -0.870 e. The number of hydrogen-bond donors (Lipinski definition) is 1. The molecule has 48 heavy (non-hydrogen) atoms. The molecule has 1 aromatic heterocycles. The van der Waals surface area contributed by atoms with Gasteiger partial charge in [-0.05, 0) is 93.5 Å². The molecule has 2 atom stereocenters. The van der Waals surface area contributed by atoms with Crippen LogP contribution in [0.15, 0.2) is 53.0 Å². The van der Waals surface area contributed by atoms with E-state index in [-0.39, 0.29) is 17.1 Å². The van der Waals surface area contributed by atoms with Crippen LogP contribution >= 0.6 is 15.9 Å². The minimum absolute atomic E-state index is 0. The van der Waals surface area contributed by atoms with E-state index in [1.54, 1.807) is 34.5 Å². The molecule has 6 rings (SSSR count). The summed E-state index contributed by atoms with van der Waals surface area (Å²) in [6.07, 6.45) is 2.97. The van der Waals surface area contributed by atoms with Gasteiger partial charge in [0, 0.05) is 30.8 Å². The lowest BCUT2D eigenvalue weighted by Gasteiger charge is -2.41. The zero-order chi connectivity index (χ0) is 33.3. The van der Waals surface area contributed by atoms with E-state index in [4.69, 9.17) is 23.9 Å². The van der Waals surface area contributed by atoms with Gasteiger partial charge in [-0.2, -0.15) is 0 Å². The van der Waals surface area contributed by atoms with Crippen LogP contribution < -0.4 is 18.9 Å². The molecular weight excluding hydrogens is 678 g/mol. The number of amides is 1. The van der Waals surface area contributed by atoms with E-state index in [2.05, 4.69) is 47.2 Å². The lowest BCUT2D eigenvalue weighted by molar-refractivity contribution is -0.924. The van der Waals surface area contributed by atoms with E-state index in [1.165, 1.54) is 11.1 Å². The van der Waals surface area contributed by atoms with Gasteiger partial charge in [0.05, 0.1) is 70.7 Å². The van der Waals surface area contributed by atoms with Crippen LogP contribution in [0.2, 0.25) is 0 Å². The molecule has 0 saturated heterocycles. The fraction of sp³-hybridized carbons (Fsp3) is 0.405. The molecule has 0 radical (unpaired) electrons. The van der Waals surface area contributed by atoms with Gasteiger partial charge in [-0.15, -0.1) is 0 Å². The van der Waals surface area contributed by atoms with Crippen molar-refractivity contribution in [2.24, 2.45) is 0 Å². The zero-order valence-electron chi connectivity index (χ0n) is 28.2. The molecule has 256 valence electrons. The van der Waals surface area contributed by atoms with Crippen LogP contribution in [0.25, 0.3) is 10.9 Å². The number of nitrogens with zero attached hydrogens (tertiary/aromatic N) is 3. The number of aromatic hydroxyl groups is 1. The molecule has 4 aromatic rings. The highest BCUT2D eigenvalue weighted by Crippen LogP contribution is 2.44. The first-order valence-electron chi connectivity index (χ1n) is 16.0. The van der Waals surface area contributed by atoms with Gasteiger partial charge in [0.25, 0.3) is 0 Å². The summed E-state index contributed by atoms with van der Waals surface area (Å²) in [5.74, 6) is 3.54. The summed E-state index contributed by atoms with van der Waals surface area (Å²) in [5.41, 5.74) is 6.45. The number of carbonyl (C=O) groups excluding carboxylic acids is 1. The molecule has 0 fully saturated rings. The fourth-order valence-electron chi connectivity index (χ4n) is 7.23. The summed E-state index contributed by atoms with van der Waals surface area (Å²) in [7, 11) is 8.90. The van der Waals surface area contributed by atoms with Crippen molar-refractivity contribution in [3.63, 3.8) is 0 Å². The molecule has 1 amide bonds. The van der Waals surface area contributed by atoms with Crippen LogP contribution in [0.5, 0.6) is 28.7 Å². The van der Waals surface area contributed by atoms with Gasteiger partial charge < -0.3 is 38.9 Å². The van der Waals surface area contributed by atoms with Gasteiger partial charge >= 0.3 is 0 Å². The van der Waals surface area contributed by atoms with Crippen LogP contribution in [0, 0.1) is 0 Å². The summed E-state index contributed by atoms with van der Waals surface area (Å²) >= 11 is 3.53. The predicted molar refractivity (Wildman–Crippen MR) is 187 cm³/mol. The number of aromatic nitrogens is 1. The van der Waals surface area contributed by atoms with Crippen molar-refractivity contribution >= 4 is 32.7 Å². The van der Waals surface area contributed by atoms with Crippen LogP contribution in [0.3, 0.4) is 0 Å². The van der Waals surface area contributed by atoms with Crippen molar-refractivity contribution in [1.29, 1.82) is 0 Å². The highest BCUT2D eigenvalue weighted by Gasteiger charge is 2.36. The van der Waals surface area contributed by atoms with Crippen molar-refractivity contribution in [3.05, 3.63) is 81.0 Å². The smallest absolute Gasteiger partial charge is 0.227 e. The molecule has 0 bridgehead atoms. The van der Waals surface area contributed by atoms with Crippen molar-refractivity contribution in [2.45, 2.75) is 38.1 Å². The maximum Gasteiger partial charge on any atom is 0.227 e. The van der Waals surface area contributed by atoms with Crippen molar-refractivity contribution in [2.75, 3.05) is 61.7 Å². The van der Waals surface area contributed by atoms with Crippen LogP contribution in [-0.2, 0) is 30.6 Å². The van der Waals surface area contributed by atoms with Crippen molar-refractivity contribution in [1.82, 2.24) is 9.88 Å². The largest absolute Gasteiger partial charge is 0.870 e. The maximum absolute atomic E-state index is 13.4. The molecule has 1 unspecified atom stereocenters. The standard InChI is InChI=1S/C37H42BrN3O6.H2O/c1-41(21-27-15-26-18-33(46-4)34(47-5)20-29(26)27,22-28-9-7-23-8-10-30(42)36(38)37(23)39-28)14-6-12-40-13-11-24-16-31(44-2)32(45-3)17-25(24)19-35(40)43;/h7-10,16-18,20,27H,6,11-15,19,21-22H2,1-5H3;1H2/t27-,41?;/m1./s1. The first kappa shape index (κ1) is 35.3. The van der Waals surface area contributed by atoms with Gasteiger partial charge in [-0.1, -0.05) is 6.07 Å². The van der Waals surface area contributed by atoms with E-state index in [0.29, 0.717) is 41.4 Å². The van der Waals surface area contributed by atoms with Crippen molar-refractivity contribution < 1.29 is 38.8 Å². The summed E-state index contributed by atoms with van der Waals surface area (Å²) in [4.78, 5) is 20.4. The number of phenols is 1.